The van der Waals surface area contributed by atoms with E-state index in [0.717, 1.165) is 16.0 Å². The molecule has 0 aliphatic rings. The second kappa shape index (κ2) is 8.48. The van der Waals surface area contributed by atoms with Crippen LogP contribution in [-0.2, 0) is 4.79 Å². The Morgan fingerprint density at radius 2 is 1.82 bits per heavy atom. The molecule has 2 aromatic carbocycles. The van der Waals surface area contributed by atoms with Gasteiger partial charge in [-0.1, -0.05) is 18.3 Å². The minimum Gasteiger partial charge on any atom is -0.497 e. The fourth-order valence-electron chi connectivity index (χ4n) is 2.97. The van der Waals surface area contributed by atoms with Crippen molar-refractivity contribution in [3.05, 3.63) is 52.1 Å². The van der Waals surface area contributed by atoms with Gasteiger partial charge in [0, 0.05) is 11.7 Å². The number of ether oxygens (including phenoxy) is 2. The first-order chi connectivity index (χ1) is 13.4. The average molecular weight is 401 g/mol. The first-order valence-electron chi connectivity index (χ1n) is 9.19. The van der Waals surface area contributed by atoms with Crippen molar-refractivity contribution in [3.63, 3.8) is 0 Å². The molecular weight excluding hydrogens is 376 g/mol. The monoisotopic (exact) mass is 400 g/mol. The van der Waals surface area contributed by atoms with Gasteiger partial charge in [-0.3, -0.25) is 14.2 Å². The van der Waals surface area contributed by atoms with Crippen LogP contribution in [0.25, 0.3) is 10.2 Å². The number of nitrogens with zero attached hydrogens (tertiary/aromatic N) is 1. The second-order valence-corrected chi connectivity index (χ2v) is 7.69. The normalized spacial score (nSPS) is 12.2. The summed E-state index contributed by atoms with van der Waals surface area (Å²) < 4.78 is 13.6. The molecule has 148 valence electrons. The number of carbonyl (C=O) groups is 1. The fraction of sp³-hybridized carbons (Fsp3) is 0.333. The number of amides is 1. The molecule has 0 spiro atoms. The second-order valence-electron chi connectivity index (χ2n) is 6.69. The van der Waals surface area contributed by atoms with Crippen LogP contribution in [0.15, 0.2) is 47.3 Å². The molecule has 1 N–H and O–H groups in total. The van der Waals surface area contributed by atoms with Crippen LogP contribution >= 0.6 is 11.3 Å². The van der Waals surface area contributed by atoms with Crippen molar-refractivity contribution in [1.82, 2.24) is 4.57 Å². The summed E-state index contributed by atoms with van der Waals surface area (Å²) in [5.41, 5.74) is 1.52. The zero-order valence-corrected chi connectivity index (χ0v) is 17.2. The summed E-state index contributed by atoms with van der Waals surface area (Å²) in [6.07, 6.45) is -0.0972. The quantitative estimate of drug-likeness (QED) is 0.636. The first-order valence-corrected chi connectivity index (χ1v) is 10.0. The molecule has 1 aromatic heterocycles. The van der Waals surface area contributed by atoms with Crippen LogP contribution in [0.4, 0.5) is 5.69 Å². The third-order valence-corrected chi connectivity index (χ3v) is 5.32. The van der Waals surface area contributed by atoms with Crippen LogP contribution < -0.4 is 19.7 Å². The van der Waals surface area contributed by atoms with Crippen LogP contribution in [0.2, 0.25) is 0 Å². The lowest BCUT2D eigenvalue weighted by atomic mass is 10.2. The van der Waals surface area contributed by atoms with Crippen molar-refractivity contribution in [3.8, 4) is 11.5 Å². The largest absolute Gasteiger partial charge is 0.497 e. The number of carbonyl (C=O) groups excluding carboxylic acids is 1. The zero-order chi connectivity index (χ0) is 20.3. The molecule has 7 heteroatoms. The summed E-state index contributed by atoms with van der Waals surface area (Å²) in [6.45, 7) is 5.85. The van der Waals surface area contributed by atoms with E-state index in [-0.39, 0.29) is 16.8 Å². The predicted octanol–water partition coefficient (Wildman–Crippen LogP) is 4.45. The maximum absolute atomic E-state index is 12.7. The Morgan fingerprint density at radius 1 is 1.14 bits per heavy atom. The Kier molecular flexibility index (Phi) is 6.04. The molecule has 0 aliphatic heterocycles. The number of rotatable bonds is 7. The van der Waals surface area contributed by atoms with Gasteiger partial charge in [-0.25, -0.2) is 0 Å². The van der Waals surface area contributed by atoms with Gasteiger partial charge in [-0.05, 0) is 62.7 Å². The molecule has 3 aromatic rings. The minimum absolute atomic E-state index is 0.00255. The summed E-state index contributed by atoms with van der Waals surface area (Å²) in [6, 6.07) is 12.7. The van der Waals surface area contributed by atoms with Crippen molar-refractivity contribution in [1.29, 1.82) is 0 Å². The first kappa shape index (κ1) is 19.9. The van der Waals surface area contributed by atoms with Crippen LogP contribution in [-0.4, -0.2) is 23.7 Å². The molecule has 6 nitrogen and oxygen atoms in total. The van der Waals surface area contributed by atoms with Gasteiger partial charge in [-0.15, -0.1) is 0 Å². The van der Waals surface area contributed by atoms with E-state index in [1.807, 2.05) is 39.0 Å². The van der Waals surface area contributed by atoms with Gasteiger partial charge < -0.3 is 14.8 Å². The lowest BCUT2D eigenvalue weighted by Gasteiger charge is -2.17. The van der Waals surface area contributed by atoms with E-state index in [2.05, 4.69) is 5.32 Å². The Labute approximate surface area is 167 Å². The highest BCUT2D eigenvalue weighted by atomic mass is 32.1. The topological polar surface area (TPSA) is 69.6 Å². The standard InChI is InChI=1S/C21H24N2O4S/c1-5-18(27-16-9-7-15(26-4)8-10-16)20(24)22-14-6-11-17-19(12-14)28-21(25)23(17)13(2)3/h6-13,18H,5H2,1-4H3,(H,22,24). The zero-order valence-electron chi connectivity index (χ0n) is 16.4. The van der Waals surface area contributed by atoms with Crippen molar-refractivity contribution in [2.45, 2.75) is 39.3 Å². The van der Waals surface area contributed by atoms with Crippen molar-refractivity contribution in [2.75, 3.05) is 12.4 Å². The molecule has 0 saturated carbocycles. The van der Waals surface area contributed by atoms with E-state index in [4.69, 9.17) is 9.47 Å². The van der Waals surface area contributed by atoms with Gasteiger partial charge >= 0.3 is 4.87 Å². The SMILES string of the molecule is CCC(Oc1ccc(OC)cc1)C(=O)Nc1ccc2c(c1)sc(=O)n2C(C)C. The number of hydrogen-bond acceptors (Lipinski definition) is 5. The maximum Gasteiger partial charge on any atom is 0.308 e. The van der Waals surface area contributed by atoms with E-state index in [1.165, 1.54) is 11.3 Å². The number of methoxy groups -OCH3 is 1. The minimum atomic E-state index is -0.622. The van der Waals surface area contributed by atoms with E-state index in [9.17, 15) is 9.59 Å². The third kappa shape index (κ3) is 4.20. The molecule has 0 fully saturated rings. The van der Waals surface area contributed by atoms with Crippen molar-refractivity contribution in [2.24, 2.45) is 0 Å². The average Bonchev–Trinajstić information content (AvgIpc) is 3.01. The van der Waals surface area contributed by atoms with Gasteiger partial charge in [0.2, 0.25) is 0 Å². The molecule has 0 saturated heterocycles. The van der Waals surface area contributed by atoms with E-state index >= 15 is 0 Å². The predicted molar refractivity (Wildman–Crippen MR) is 113 cm³/mol. The summed E-state index contributed by atoms with van der Waals surface area (Å²) in [4.78, 5) is 24.8. The van der Waals surface area contributed by atoms with E-state index in [1.54, 1.807) is 35.9 Å². The number of aromatic nitrogens is 1. The summed E-state index contributed by atoms with van der Waals surface area (Å²) >= 11 is 1.18. The fourth-order valence-corrected chi connectivity index (χ4v) is 4.02. The van der Waals surface area contributed by atoms with Crippen molar-refractivity contribution >= 4 is 33.1 Å². The Morgan fingerprint density at radius 3 is 2.43 bits per heavy atom. The Bertz CT molecular complexity index is 1020. The lowest BCUT2D eigenvalue weighted by molar-refractivity contribution is -0.122. The molecule has 0 bridgehead atoms. The number of anilines is 1. The molecule has 28 heavy (non-hydrogen) atoms. The Balaban J connectivity index is 1.75. The number of benzene rings is 2. The smallest absolute Gasteiger partial charge is 0.308 e. The van der Waals surface area contributed by atoms with Crippen LogP contribution in [0, 0.1) is 0 Å². The van der Waals surface area contributed by atoms with Gasteiger partial charge in [0.1, 0.15) is 11.5 Å². The molecule has 1 unspecified atom stereocenters. The van der Waals surface area contributed by atoms with Gasteiger partial charge in [0.05, 0.1) is 17.3 Å². The lowest BCUT2D eigenvalue weighted by Crippen LogP contribution is -2.32. The number of thiazole rings is 1. The van der Waals surface area contributed by atoms with Crippen LogP contribution in [0.3, 0.4) is 0 Å². The highest BCUT2D eigenvalue weighted by Crippen LogP contribution is 2.25. The van der Waals surface area contributed by atoms with E-state index < -0.39 is 6.10 Å². The van der Waals surface area contributed by atoms with Crippen LogP contribution in [0.5, 0.6) is 11.5 Å². The van der Waals surface area contributed by atoms with Gasteiger partial charge in [0.25, 0.3) is 5.91 Å². The summed E-state index contributed by atoms with van der Waals surface area (Å²) in [7, 11) is 1.60. The number of hydrogen-bond donors (Lipinski definition) is 1. The maximum atomic E-state index is 12.7. The number of fused-ring (bicyclic) bond motifs is 1. The summed E-state index contributed by atoms with van der Waals surface area (Å²) in [5, 5.41) is 2.89. The molecular formula is C21H24N2O4S. The van der Waals surface area contributed by atoms with E-state index in [0.29, 0.717) is 17.9 Å². The van der Waals surface area contributed by atoms with Crippen LogP contribution in [0.1, 0.15) is 33.2 Å². The number of nitrogens with one attached hydrogen (secondary N) is 1. The van der Waals surface area contributed by atoms with Crippen molar-refractivity contribution < 1.29 is 14.3 Å². The highest BCUT2D eigenvalue weighted by molar-refractivity contribution is 7.16. The molecule has 1 atom stereocenters. The summed E-state index contributed by atoms with van der Waals surface area (Å²) in [5.74, 6) is 1.10. The Hall–Kier alpha value is -2.80. The molecule has 1 heterocycles. The molecule has 0 radical (unpaired) electrons. The molecule has 1 amide bonds. The third-order valence-electron chi connectivity index (χ3n) is 4.40. The molecule has 3 rings (SSSR count). The van der Waals surface area contributed by atoms with Gasteiger partial charge in [-0.2, -0.15) is 0 Å². The highest BCUT2D eigenvalue weighted by Gasteiger charge is 2.19. The molecule has 0 aliphatic carbocycles. The van der Waals surface area contributed by atoms with Gasteiger partial charge in [0.15, 0.2) is 6.10 Å².